The summed E-state index contributed by atoms with van der Waals surface area (Å²) in [5, 5.41) is 20.5. The minimum atomic E-state index is -1.07. The first-order valence-corrected chi connectivity index (χ1v) is 19.2. The number of hydrogen-bond acceptors (Lipinski definition) is 8. The molecule has 0 aliphatic heterocycles. The number of methoxy groups -OCH3 is 1. The van der Waals surface area contributed by atoms with Crippen molar-refractivity contribution in [1.29, 1.82) is 0 Å². The Morgan fingerprint density at radius 3 is 2.28 bits per heavy atom. The predicted octanol–water partition coefficient (Wildman–Crippen LogP) is 4.93. The number of H-pyrrole nitrogens is 1. The van der Waals surface area contributed by atoms with Gasteiger partial charge in [-0.3, -0.25) is 14.4 Å². The van der Waals surface area contributed by atoms with Crippen molar-refractivity contribution < 1.29 is 33.8 Å². The van der Waals surface area contributed by atoms with E-state index in [0.29, 0.717) is 36.2 Å². The van der Waals surface area contributed by atoms with E-state index in [-0.39, 0.29) is 25.2 Å². The molecule has 1 aliphatic carbocycles. The molecule has 0 bridgehead atoms. The summed E-state index contributed by atoms with van der Waals surface area (Å²) < 4.78 is 10.8. The van der Waals surface area contributed by atoms with Gasteiger partial charge >= 0.3 is 6.09 Å². The Bertz CT molecular complexity index is 1420. The summed E-state index contributed by atoms with van der Waals surface area (Å²) in [5.41, 5.74) is 0.598. The van der Waals surface area contributed by atoms with Gasteiger partial charge in [-0.1, -0.05) is 71.4 Å². The largest absolute Gasteiger partial charge is 0.497 e. The number of aromatic amines is 1. The minimum Gasteiger partial charge on any atom is -0.497 e. The topological polar surface area (TPSA) is 175 Å². The maximum atomic E-state index is 14.4. The van der Waals surface area contributed by atoms with Crippen LogP contribution in [0.5, 0.6) is 5.75 Å². The minimum absolute atomic E-state index is 0.108. The maximum Gasteiger partial charge on any atom is 0.408 e. The number of alkyl carbamates (subject to hydrolysis) is 1. The lowest BCUT2D eigenvalue weighted by Crippen LogP contribution is -2.58. The lowest BCUT2D eigenvalue weighted by atomic mass is 9.82. The SMILES string of the molecule is CC[C@H](C)CNC(=O)[C@H](C)C[C@H](O)[C@H](CC1CCCCC1)NC(=O)[C@H](Cc1cnc[nH]1)N(C)C(=O)[C@H](Cc1ccc(OC)cc1)NC(=O)OC(C)(C)C. The van der Waals surface area contributed by atoms with Crippen molar-refractivity contribution in [3.63, 3.8) is 0 Å². The zero-order valence-corrected chi connectivity index (χ0v) is 33.1. The monoisotopic (exact) mass is 740 g/mol. The highest BCUT2D eigenvalue weighted by Crippen LogP contribution is 2.29. The Morgan fingerprint density at radius 1 is 1.02 bits per heavy atom. The first kappa shape index (κ1) is 43.3. The molecule has 0 spiro atoms. The molecule has 13 nitrogen and oxygen atoms in total. The number of carbonyl (C=O) groups excluding carboxylic acids is 4. The highest BCUT2D eigenvalue weighted by molar-refractivity contribution is 5.91. The van der Waals surface area contributed by atoms with E-state index in [9.17, 15) is 24.3 Å². The van der Waals surface area contributed by atoms with Crippen LogP contribution in [0.1, 0.15) is 104 Å². The summed E-state index contributed by atoms with van der Waals surface area (Å²) in [4.78, 5) is 63.2. The second kappa shape index (κ2) is 20.9. The molecule has 4 amide bonds. The van der Waals surface area contributed by atoms with Gasteiger partial charge in [-0.2, -0.15) is 0 Å². The van der Waals surface area contributed by atoms with Crippen LogP contribution in [0.25, 0.3) is 0 Å². The van der Waals surface area contributed by atoms with Gasteiger partial charge in [-0.25, -0.2) is 9.78 Å². The number of ether oxygens (including phenoxy) is 2. The highest BCUT2D eigenvalue weighted by Gasteiger charge is 2.36. The molecule has 6 atom stereocenters. The lowest BCUT2D eigenvalue weighted by molar-refractivity contribution is -0.141. The molecule has 1 heterocycles. The van der Waals surface area contributed by atoms with Crippen LogP contribution in [-0.4, -0.2) is 94.3 Å². The first-order valence-electron chi connectivity index (χ1n) is 19.2. The molecule has 2 aromatic rings. The number of carbonyl (C=O) groups is 4. The van der Waals surface area contributed by atoms with Crippen molar-refractivity contribution in [3.05, 3.63) is 48.0 Å². The number of nitrogens with zero attached hydrogens (tertiary/aromatic N) is 2. The maximum absolute atomic E-state index is 14.4. The predicted molar refractivity (Wildman–Crippen MR) is 204 cm³/mol. The molecular weight excluding hydrogens is 676 g/mol. The molecule has 0 unspecified atom stereocenters. The Morgan fingerprint density at radius 2 is 1.70 bits per heavy atom. The summed E-state index contributed by atoms with van der Waals surface area (Å²) in [7, 11) is 3.10. The average molecular weight is 741 g/mol. The van der Waals surface area contributed by atoms with Crippen molar-refractivity contribution in [3.8, 4) is 5.75 Å². The van der Waals surface area contributed by atoms with Gasteiger partial charge in [-0.15, -0.1) is 0 Å². The highest BCUT2D eigenvalue weighted by atomic mass is 16.6. The first-order chi connectivity index (χ1) is 25.1. The molecule has 1 saturated carbocycles. The van der Waals surface area contributed by atoms with Gasteiger partial charge in [0.05, 0.1) is 25.6 Å². The van der Waals surface area contributed by atoms with Crippen molar-refractivity contribution in [2.75, 3.05) is 20.7 Å². The lowest BCUT2D eigenvalue weighted by Gasteiger charge is -2.35. The van der Waals surface area contributed by atoms with E-state index in [1.54, 1.807) is 53.1 Å². The number of likely N-dealkylation sites (N-methyl/N-ethyl adjacent to an activating group) is 1. The third-order valence-corrected chi connectivity index (χ3v) is 10.1. The van der Waals surface area contributed by atoms with Crippen molar-refractivity contribution in [2.45, 2.75) is 136 Å². The van der Waals surface area contributed by atoms with Crippen LogP contribution < -0.4 is 20.7 Å². The molecule has 1 aromatic heterocycles. The number of nitrogens with one attached hydrogen (secondary N) is 4. The van der Waals surface area contributed by atoms with Gasteiger partial charge in [0.2, 0.25) is 17.7 Å². The number of rotatable bonds is 19. The fourth-order valence-corrected chi connectivity index (χ4v) is 6.66. The Hall–Kier alpha value is -4.13. The molecule has 296 valence electrons. The van der Waals surface area contributed by atoms with Crippen molar-refractivity contribution in [2.24, 2.45) is 17.8 Å². The van der Waals surface area contributed by atoms with Crippen LogP contribution in [0.2, 0.25) is 0 Å². The quantitative estimate of drug-likeness (QED) is 0.135. The normalized spacial score (nSPS) is 17.0. The molecule has 3 rings (SSSR count). The van der Waals surface area contributed by atoms with E-state index < -0.39 is 53.7 Å². The van der Waals surface area contributed by atoms with Gasteiger partial charge < -0.3 is 40.4 Å². The van der Waals surface area contributed by atoms with Crippen LogP contribution in [0.4, 0.5) is 4.79 Å². The average Bonchev–Trinajstić information content (AvgIpc) is 3.64. The van der Waals surface area contributed by atoms with Crippen LogP contribution >= 0.6 is 0 Å². The zero-order chi connectivity index (χ0) is 39.1. The van der Waals surface area contributed by atoms with Crippen molar-refractivity contribution >= 4 is 23.8 Å². The van der Waals surface area contributed by atoms with E-state index in [1.807, 2.05) is 12.1 Å². The molecule has 5 N–H and O–H groups in total. The third-order valence-electron chi connectivity index (χ3n) is 10.1. The number of hydrogen-bond donors (Lipinski definition) is 5. The Kier molecular flexibility index (Phi) is 17.1. The second-order valence-electron chi connectivity index (χ2n) is 15.8. The van der Waals surface area contributed by atoms with Crippen LogP contribution in [-0.2, 0) is 32.0 Å². The molecule has 13 heteroatoms. The van der Waals surface area contributed by atoms with Gasteiger partial charge in [0.25, 0.3) is 0 Å². The summed E-state index contributed by atoms with van der Waals surface area (Å²) in [6, 6.07) is 4.43. The second-order valence-corrected chi connectivity index (χ2v) is 15.8. The number of amides is 4. The van der Waals surface area contributed by atoms with E-state index in [4.69, 9.17) is 9.47 Å². The summed E-state index contributed by atoms with van der Waals surface area (Å²) in [6.45, 7) is 11.7. The fourth-order valence-electron chi connectivity index (χ4n) is 6.66. The van der Waals surface area contributed by atoms with Gasteiger partial charge in [0, 0.05) is 44.2 Å². The summed E-state index contributed by atoms with van der Waals surface area (Å²) in [5.74, 6) is -0.243. The van der Waals surface area contributed by atoms with Gasteiger partial charge in [0.1, 0.15) is 23.4 Å². The van der Waals surface area contributed by atoms with E-state index >= 15 is 0 Å². The van der Waals surface area contributed by atoms with Crippen LogP contribution in [0.15, 0.2) is 36.8 Å². The number of aliphatic hydroxyl groups is 1. The Balaban J connectivity index is 1.88. The molecular formula is C40H64N6O7. The smallest absolute Gasteiger partial charge is 0.408 e. The Labute approximate surface area is 315 Å². The van der Waals surface area contributed by atoms with E-state index in [0.717, 1.165) is 44.1 Å². The standard InChI is InChI=1S/C40H64N6O7/c1-9-26(2)23-42-36(48)27(3)19-35(47)32(20-28-13-11-10-12-14-28)44-37(49)34(22-30-24-41-25-43-30)46(7)38(50)33(45-39(51)53-40(4,5)6)21-29-15-17-31(52-8)18-16-29/h15-18,24-28,32-35,47H,9-14,19-23H2,1-8H3,(H,41,43)(H,42,48)(H,44,49)(H,45,51)/t26-,27+,32-,33-,34-,35-/m0/s1. The molecule has 0 radical (unpaired) electrons. The molecule has 0 saturated heterocycles. The number of aliphatic hydroxyl groups excluding tert-OH is 1. The number of aromatic nitrogens is 2. The fraction of sp³-hybridized carbons (Fsp3) is 0.675. The van der Waals surface area contributed by atoms with Gasteiger partial charge in [-0.05, 0) is 63.1 Å². The summed E-state index contributed by atoms with van der Waals surface area (Å²) in [6.07, 6.45) is 8.63. The van der Waals surface area contributed by atoms with Crippen LogP contribution in [0, 0.1) is 17.8 Å². The van der Waals surface area contributed by atoms with Gasteiger partial charge in [0.15, 0.2) is 0 Å². The zero-order valence-electron chi connectivity index (χ0n) is 33.1. The van der Waals surface area contributed by atoms with E-state index in [2.05, 4.69) is 39.8 Å². The third kappa shape index (κ3) is 14.7. The van der Waals surface area contributed by atoms with E-state index in [1.165, 1.54) is 18.3 Å². The molecule has 1 aliphatic rings. The van der Waals surface area contributed by atoms with Crippen LogP contribution in [0.3, 0.4) is 0 Å². The summed E-state index contributed by atoms with van der Waals surface area (Å²) >= 11 is 0. The number of imidazole rings is 1. The molecule has 53 heavy (non-hydrogen) atoms. The number of benzene rings is 1. The van der Waals surface area contributed by atoms with Crippen molar-refractivity contribution in [1.82, 2.24) is 30.8 Å². The molecule has 1 aromatic carbocycles. The molecule has 1 fully saturated rings.